The van der Waals surface area contributed by atoms with E-state index in [-0.39, 0.29) is 6.01 Å². The lowest BCUT2D eigenvalue weighted by Crippen LogP contribution is -2.09. The summed E-state index contributed by atoms with van der Waals surface area (Å²) in [7, 11) is 1.50. The standard InChI is InChI=1S/C14H13ClN6O/c1-22-14-17-7-11(15)13(19-14)16-8-12-20-18-9-21(12)10-5-3-2-4-6-10/h2-7,9H,8H2,1H3,(H,16,17,19). The number of nitrogens with one attached hydrogen (secondary N) is 1. The average Bonchev–Trinajstić information content (AvgIpc) is 3.03. The molecule has 0 atom stereocenters. The Morgan fingerprint density at radius 3 is 2.86 bits per heavy atom. The SMILES string of the molecule is COc1ncc(Cl)c(NCc2nncn2-c2ccccc2)n1. The van der Waals surface area contributed by atoms with Gasteiger partial charge < -0.3 is 10.1 Å². The minimum atomic E-state index is 0.247. The van der Waals surface area contributed by atoms with Gasteiger partial charge in [-0.05, 0) is 12.1 Å². The van der Waals surface area contributed by atoms with E-state index < -0.39 is 0 Å². The van der Waals surface area contributed by atoms with Crippen LogP contribution in [0.1, 0.15) is 5.82 Å². The molecule has 0 aliphatic carbocycles. The van der Waals surface area contributed by atoms with Crippen LogP contribution in [0.3, 0.4) is 0 Å². The third-order valence-electron chi connectivity index (χ3n) is 2.97. The summed E-state index contributed by atoms with van der Waals surface area (Å²) in [5, 5.41) is 11.6. The zero-order valence-electron chi connectivity index (χ0n) is 11.8. The number of methoxy groups -OCH3 is 1. The highest BCUT2D eigenvalue weighted by Gasteiger charge is 2.09. The highest BCUT2D eigenvalue weighted by Crippen LogP contribution is 2.21. The topological polar surface area (TPSA) is 77.8 Å². The number of nitrogens with zero attached hydrogens (tertiary/aromatic N) is 5. The van der Waals surface area contributed by atoms with E-state index in [2.05, 4.69) is 25.5 Å². The molecule has 0 saturated carbocycles. The maximum absolute atomic E-state index is 6.06. The van der Waals surface area contributed by atoms with Crippen LogP contribution in [0.2, 0.25) is 5.02 Å². The fourth-order valence-electron chi connectivity index (χ4n) is 1.92. The van der Waals surface area contributed by atoms with Crippen LogP contribution in [-0.4, -0.2) is 31.8 Å². The lowest BCUT2D eigenvalue weighted by molar-refractivity contribution is 0.380. The number of hydrogen-bond donors (Lipinski definition) is 1. The van der Waals surface area contributed by atoms with E-state index in [4.69, 9.17) is 16.3 Å². The van der Waals surface area contributed by atoms with Crippen molar-refractivity contribution in [3.05, 3.63) is 53.7 Å². The van der Waals surface area contributed by atoms with Gasteiger partial charge in [-0.25, -0.2) is 4.98 Å². The van der Waals surface area contributed by atoms with Gasteiger partial charge in [0, 0.05) is 5.69 Å². The molecule has 22 heavy (non-hydrogen) atoms. The number of halogens is 1. The Morgan fingerprint density at radius 2 is 2.09 bits per heavy atom. The van der Waals surface area contributed by atoms with Gasteiger partial charge in [0.2, 0.25) is 0 Å². The van der Waals surface area contributed by atoms with Gasteiger partial charge >= 0.3 is 6.01 Å². The van der Waals surface area contributed by atoms with Gasteiger partial charge in [-0.1, -0.05) is 29.8 Å². The summed E-state index contributed by atoms with van der Waals surface area (Å²) < 4.78 is 6.87. The quantitative estimate of drug-likeness (QED) is 0.778. The van der Waals surface area contributed by atoms with Crippen LogP contribution < -0.4 is 10.1 Å². The Bertz CT molecular complexity index is 761. The van der Waals surface area contributed by atoms with Crippen molar-refractivity contribution < 1.29 is 4.74 Å². The van der Waals surface area contributed by atoms with Crippen LogP contribution in [0.15, 0.2) is 42.9 Å². The van der Waals surface area contributed by atoms with Crippen LogP contribution in [0.25, 0.3) is 5.69 Å². The van der Waals surface area contributed by atoms with E-state index in [1.165, 1.54) is 13.3 Å². The van der Waals surface area contributed by atoms with Gasteiger partial charge in [-0.15, -0.1) is 10.2 Å². The molecule has 2 heterocycles. The highest BCUT2D eigenvalue weighted by atomic mass is 35.5. The molecule has 0 unspecified atom stereocenters. The van der Waals surface area contributed by atoms with E-state index in [0.717, 1.165) is 11.5 Å². The zero-order valence-corrected chi connectivity index (χ0v) is 12.5. The molecule has 0 spiro atoms. The second-order valence-electron chi connectivity index (χ2n) is 4.36. The Balaban J connectivity index is 1.80. The first-order chi connectivity index (χ1) is 10.8. The molecule has 8 heteroatoms. The molecule has 0 aliphatic heterocycles. The van der Waals surface area contributed by atoms with Gasteiger partial charge in [-0.2, -0.15) is 4.98 Å². The van der Waals surface area contributed by atoms with Crippen molar-refractivity contribution >= 4 is 17.4 Å². The van der Waals surface area contributed by atoms with E-state index in [1.54, 1.807) is 6.33 Å². The monoisotopic (exact) mass is 316 g/mol. The van der Waals surface area contributed by atoms with Crippen LogP contribution in [0.5, 0.6) is 6.01 Å². The molecule has 0 fully saturated rings. The second-order valence-corrected chi connectivity index (χ2v) is 4.77. The van der Waals surface area contributed by atoms with Gasteiger partial charge in [-0.3, -0.25) is 4.57 Å². The van der Waals surface area contributed by atoms with Crippen LogP contribution >= 0.6 is 11.6 Å². The Labute approximate surface area is 132 Å². The minimum Gasteiger partial charge on any atom is -0.467 e. The number of benzene rings is 1. The fraction of sp³-hybridized carbons (Fsp3) is 0.143. The van der Waals surface area contributed by atoms with Crippen molar-refractivity contribution in [3.63, 3.8) is 0 Å². The summed E-state index contributed by atoms with van der Waals surface area (Å²) in [5.74, 6) is 1.22. The van der Waals surface area contributed by atoms with Gasteiger partial charge in [0.1, 0.15) is 11.3 Å². The highest BCUT2D eigenvalue weighted by molar-refractivity contribution is 6.32. The van der Waals surface area contributed by atoms with Crippen molar-refractivity contribution in [1.82, 2.24) is 24.7 Å². The van der Waals surface area contributed by atoms with Crippen molar-refractivity contribution in [3.8, 4) is 11.7 Å². The van der Waals surface area contributed by atoms with Crippen molar-refractivity contribution in [2.45, 2.75) is 6.54 Å². The fourth-order valence-corrected chi connectivity index (χ4v) is 2.08. The summed E-state index contributed by atoms with van der Waals surface area (Å²) >= 11 is 6.06. The lowest BCUT2D eigenvalue weighted by atomic mass is 10.3. The summed E-state index contributed by atoms with van der Waals surface area (Å²) in [6, 6.07) is 10.1. The predicted molar refractivity (Wildman–Crippen MR) is 82.3 cm³/mol. The number of aromatic nitrogens is 5. The Hall–Kier alpha value is -2.67. The molecular formula is C14H13ClN6O. The number of rotatable bonds is 5. The first-order valence-electron chi connectivity index (χ1n) is 6.52. The molecule has 2 aromatic heterocycles. The summed E-state index contributed by atoms with van der Waals surface area (Å²) in [6.45, 7) is 0.411. The minimum absolute atomic E-state index is 0.247. The Kier molecular flexibility index (Phi) is 4.15. The molecule has 0 saturated heterocycles. The van der Waals surface area contributed by atoms with Crippen LogP contribution in [-0.2, 0) is 6.54 Å². The van der Waals surface area contributed by atoms with E-state index in [0.29, 0.717) is 17.4 Å². The molecule has 1 aromatic carbocycles. The maximum Gasteiger partial charge on any atom is 0.318 e. The molecule has 0 amide bonds. The number of para-hydroxylation sites is 1. The van der Waals surface area contributed by atoms with Crippen molar-refractivity contribution in [2.75, 3.05) is 12.4 Å². The zero-order chi connectivity index (χ0) is 15.4. The third-order valence-corrected chi connectivity index (χ3v) is 3.25. The van der Waals surface area contributed by atoms with Gasteiger partial charge in [0.25, 0.3) is 0 Å². The molecule has 7 nitrogen and oxygen atoms in total. The maximum atomic E-state index is 6.06. The Morgan fingerprint density at radius 1 is 1.27 bits per heavy atom. The van der Waals surface area contributed by atoms with E-state index in [9.17, 15) is 0 Å². The van der Waals surface area contributed by atoms with Gasteiger partial charge in [0.05, 0.1) is 19.9 Å². The molecule has 3 aromatic rings. The molecule has 112 valence electrons. The summed E-state index contributed by atoms with van der Waals surface area (Å²) in [6.07, 6.45) is 3.14. The molecule has 1 N–H and O–H groups in total. The average molecular weight is 317 g/mol. The van der Waals surface area contributed by atoms with Crippen molar-refractivity contribution in [1.29, 1.82) is 0 Å². The predicted octanol–water partition coefficient (Wildman–Crippen LogP) is 2.33. The molecule has 0 bridgehead atoms. The summed E-state index contributed by atoms with van der Waals surface area (Å²) in [4.78, 5) is 8.09. The number of ether oxygens (including phenoxy) is 1. The first-order valence-corrected chi connectivity index (χ1v) is 6.90. The second kappa shape index (κ2) is 6.40. The van der Waals surface area contributed by atoms with E-state index in [1.807, 2.05) is 34.9 Å². The molecule has 3 rings (SSSR count). The van der Waals surface area contributed by atoms with Crippen molar-refractivity contribution in [2.24, 2.45) is 0 Å². The third kappa shape index (κ3) is 2.99. The lowest BCUT2D eigenvalue weighted by Gasteiger charge is -2.09. The van der Waals surface area contributed by atoms with E-state index >= 15 is 0 Å². The van der Waals surface area contributed by atoms with Crippen LogP contribution in [0, 0.1) is 0 Å². The normalized spacial score (nSPS) is 10.5. The van der Waals surface area contributed by atoms with Gasteiger partial charge in [0.15, 0.2) is 11.6 Å². The summed E-state index contributed by atoms with van der Waals surface area (Å²) in [5.41, 5.74) is 0.982. The van der Waals surface area contributed by atoms with Crippen LogP contribution in [0.4, 0.5) is 5.82 Å². The first kappa shape index (κ1) is 14.3. The molecule has 0 aliphatic rings. The number of anilines is 1. The number of hydrogen-bond acceptors (Lipinski definition) is 6. The molecule has 0 radical (unpaired) electrons. The largest absolute Gasteiger partial charge is 0.467 e. The smallest absolute Gasteiger partial charge is 0.318 e. The molecular weight excluding hydrogens is 304 g/mol.